The molecule has 152 valence electrons. The molecular formula is C23H26N2O4. The summed E-state index contributed by atoms with van der Waals surface area (Å²) in [5.41, 5.74) is 6.38. The molecule has 0 aromatic heterocycles. The van der Waals surface area contributed by atoms with E-state index in [1.54, 1.807) is 26.0 Å². The maximum absolute atomic E-state index is 12.7. The number of fused-ring (bicyclic) bond motifs is 1. The second-order valence-electron chi connectivity index (χ2n) is 8.08. The average Bonchev–Trinajstić information content (AvgIpc) is 3.47. The van der Waals surface area contributed by atoms with Gasteiger partial charge in [-0.3, -0.25) is 4.79 Å². The van der Waals surface area contributed by atoms with Gasteiger partial charge in [0, 0.05) is 29.2 Å². The van der Waals surface area contributed by atoms with Gasteiger partial charge in [0.15, 0.2) is 0 Å². The van der Waals surface area contributed by atoms with Gasteiger partial charge in [0.2, 0.25) is 0 Å². The monoisotopic (exact) mass is 394 g/mol. The van der Waals surface area contributed by atoms with Crippen LogP contribution in [0.15, 0.2) is 36.4 Å². The minimum absolute atomic E-state index is 0.195. The van der Waals surface area contributed by atoms with Crippen molar-refractivity contribution < 1.29 is 19.4 Å². The number of carbonyl (C=O) groups excluding carboxylic acids is 2. The number of carbonyl (C=O) groups is 2. The molecule has 1 fully saturated rings. The van der Waals surface area contributed by atoms with Gasteiger partial charge in [-0.15, -0.1) is 0 Å². The van der Waals surface area contributed by atoms with Gasteiger partial charge in [-0.05, 0) is 61.2 Å². The summed E-state index contributed by atoms with van der Waals surface area (Å²) < 4.78 is 4.76. The van der Waals surface area contributed by atoms with Crippen LogP contribution in [0.1, 0.15) is 36.2 Å². The summed E-state index contributed by atoms with van der Waals surface area (Å²) in [6.07, 6.45) is 0.960. The summed E-state index contributed by atoms with van der Waals surface area (Å²) >= 11 is 0. The van der Waals surface area contributed by atoms with Crippen molar-refractivity contribution >= 4 is 22.6 Å². The first-order valence-corrected chi connectivity index (χ1v) is 9.56. The summed E-state index contributed by atoms with van der Waals surface area (Å²) in [4.78, 5) is 24.6. The molecule has 0 heterocycles. The molecule has 0 radical (unpaired) electrons. The smallest absolute Gasteiger partial charge is 0.330 e. The number of hydrogen-bond donors (Lipinski definition) is 3. The van der Waals surface area contributed by atoms with Gasteiger partial charge in [-0.25, -0.2) is 4.79 Å². The summed E-state index contributed by atoms with van der Waals surface area (Å²) in [5.74, 6) is 5.97. The Morgan fingerprint density at radius 1 is 1.28 bits per heavy atom. The molecule has 3 rings (SSSR count). The highest BCUT2D eigenvalue weighted by molar-refractivity contribution is 6.00. The molecule has 2 aromatic rings. The maximum Gasteiger partial charge on any atom is 0.330 e. The molecule has 1 saturated carbocycles. The highest BCUT2D eigenvalue weighted by atomic mass is 16.5. The van der Waals surface area contributed by atoms with Gasteiger partial charge in [-0.2, -0.15) is 0 Å². The second kappa shape index (κ2) is 8.24. The number of nitrogens with two attached hydrogens (primary N) is 1. The summed E-state index contributed by atoms with van der Waals surface area (Å²) in [7, 11) is 1.26. The maximum atomic E-state index is 12.7. The highest BCUT2D eigenvalue weighted by Gasteiger charge is 2.35. The second-order valence-corrected chi connectivity index (χ2v) is 8.08. The van der Waals surface area contributed by atoms with E-state index >= 15 is 0 Å². The van der Waals surface area contributed by atoms with Crippen molar-refractivity contribution in [1.82, 2.24) is 5.32 Å². The number of rotatable bonds is 5. The lowest BCUT2D eigenvalue weighted by Gasteiger charge is -2.28. The Morgan fingerprint density at radius 2 is 1.97 bits per heavy atom. The minimum atomic E-state index is -0.968. The number of methoxy groups -OCH3 is 1. The van der Waals surface area contributed by atoms with Crippen LogP contribution in [0.2, 0.25) is 0 Å². The van der Waals surface area contributed by atoms with Gasteiger partial charge < -0.3 is 20.9 Å². The average molecular weight is 394 g/mol. The van der Waals surface area contributed by atoms with Crippen LogP contribution in [0, 0.1) is 23.7 Å². The van der Waals surface area contributed by atoms with Crippen molar-refractivity contribution in [2.75, 3.05) is 13.7 Å². The quantitative estimate of drug-likeness (QED) is 0.530. The van der Waals surface area contributed by atoms with Crippen LogP contribution in [-0.2, 0) is 9.53 Å². The first-order valence-electron chi connectivity index (χ1n) is 9.56. The molecule has 2 aromatic carbocycles. The standard InChI is InChI=1S/C23H26N2O4/c1-23(2,24)20(22(28)29-3)25-21(27)18-9-8-15-10-14(4-6-16(15)11-18)5-7-17-12-19(17)13-26/h4,6,8-11,17,19-20,26H,12-13,24H2,1-3H3,(H,25,27)/t17?,19?,20-/m1/s1. The molecule has 0 saturated heterocycles. The fourth-order valence-electron chi connectivity index (χ4n) is 3.15. The van der Waals surface area contributed by atoms with E-state index in [1.165, 1.54) is 7.11 Å². The fourth-order valence-corrected chi connectivity index (χ4v) is 3.15. The van der Waals surface area contributed by atoms with Crippen molar-refractivity contribution in [3.8, 4) is 11.8 Å². The molecule has 1 aliphatic carbocycles. The highest BCUT2D eigenvalue weighted by Crippen LogP contribution is 2.37. The van der Waals surface area contributed by atoms with E-state index in [4.69, 9.17) is 15.6 Å². The Bertz CT molecular complexity index is 997. The number of esters is 1. The molecule has 29 heavy (non-hydrogen) atoms. The van der Waals surface area contributed by atoms with Crippen LogP contribution in [0.3, 0.4) is 0 Å². The lowest BCUT2D eigenvalue weighted by molar-refractivity contribution is -0.144. The predicted octanol–water partition coefficient (Wildman–Crippen LogP) is 1.83. The number of aliphatic hydroxyl groups excluding tert-OH is 1. The zero-order chi connectivity index (χ0) is 21.2. The van der Waals surface area contributed by atoms with Crippen molar-refractivity contribution in [2.45, 2.75) is 31.8 Å². The number of nitrogens with one attached hydrogen (secondary N) is 1. The third-order valence-electron chi connectivity index (χ3n) is 5.12. The Hall–Kier alpha value is -2.88. The molecule has 1 amide bonds. The normalized spacial score (nSPS) is 19.1. The number of ether oxygens (including phenoxy) is 1. The van der Waals surface area contributed by atoms with Crippen molar-refractivity contribution in [1.29, 1.82) is 0 Å². The lowest BCUT2D eigenvalue weighted by atomic mass is 9.95. The Labute approximate surface area is 170 Å². The van der Waals surface area contributed by atoms with Gasteiger partial charge in [0.1, 0.15) is 6.04 Å². The number of amides is 1. The van der Waals surface area contributed by atoms with Gasteiger partial charge >= 0.3 is 5.97 Å². The molecule has 0 bridgehead atoms. The first kappa shape index (κ1) is 20.8. The topological polar surface area (TPSA) is 102 Å². The van der Waals surface area contributed by atoms with Crippen molar-refractivity contribution in [3.05, 3.63) is 47.5 Å². The molecule has 0 aliphatic heterocycles. The van der Waals surface area contributed by atoms with Crippen LogP contribution in [0.4, 0.5) is 0 Å². The van der Waals surface area contributed by atoms with E-state index < -0.39 is 23.5 Å². The summed E-state index contributed by atoms with van der Waals surface area (Å²) in [5, 5.41) is 13.6. The molecule has 3 atom stereocenters. The number of hydrogen-bond acceptors (Lipinski definition) is 5. The third-order valence-corrected chi connectivity index (χ3v) is 5.12. The molecule has 2 unspecified atom stereocenters. The van der Waals surface area contributed by atoms with E-state index in [1.807, 2.05) is 24.3 Å². The van der Waals surface area contributed by atoms with Crippen LogP contribution in [0.25, 0.3) is 10.8 Å². The summed E-state index contributed by atoms with van der Waals surface area (Å²) in [6.45, 7) is 3.50. The zero-order valence-electron chi connectivity index (χ0n) is 16.9. The summed E-state index contributed by atoms with van der Waals surface area (Å²) in [6, 6.07) is 10.2. The largest absolute Gasteiger partial charge is 0.467 e. The van der Waals surface area contributed by atoms with Crippen LogP contribution < -0.4 is 11.1 Å². The third kappa shape index (κ3) is 4.94. The van der Waals surface area contributed by atoms with Gasteiger partial charge in [-0.1, -0.05) is 24.0 Å². The zero-order valence-corrected chi connectivity index (χ0v) is 16.9. The van der Waals surface area contributed by atoms with E-state index in [-0.39, 0.29) is 12.5 Å². The minimum Gasteiger partial charge on any atom is -0.467 e. The molecule has 4 N–H and O–H groups in total. The number of benzene rings is 2. The molecule has 6 heteroatoms. The molecule has 1 aliphatic rings. The van der Waals surface area contributed by atoms with E-state index in [9.17, 15) is 9.59 Å². The molecule has 6 nitrogen and oxygen atoms in total. The van der Waals surface area contributed by atoms with Crippen LogP contribution in [0.5, 0.6) is 0 Å². The van der Waals surface area contributed by atoms with Crippen molar-refractivity contribution in [3.63, 3.8) is 0 Å². The van der Waals surface area contributed by atoms with E-state index in [0.717, 1.165) is 22.8 Å². The van der Waals surface area contributed by atoms with Crippen LogP contribution in [-0.4, -0.2) is 42.3 Å². The Morgan fingerprint density at radius 3 is 2.59 bits per heavy atom. The Balaban J connectivity index is 1.77. The number of aliphatic hydroxyl groups is 1. The fraction of sp³-hybridized carbons (Fsp3) is 0.391. The van der Waals surface area contributed by atoms with Crippen LogP contribution >= 0.6 is 0 Å². The SMILES string of the molecule is COC(=O)[C@@H](NC(=O)c1ccc2cc(C#CC3CC3CO)ccc2c1)C(C)(C)N. The van der Waals surface area contributed by atoms with E-state index in [2.05, 4.69) is 17.2 Å². The molecular weight excluding hydrogens is 368 g/mol. The lowest BCUT2D eigenvalue weighted by Crippen LogP contribution is -2.59. The molecule has 0 spiro atoms. The first-order chi connectivity index (χ1) is 13.7. The predicted molar refractivity (Wildman–Crippen MR) is 111 cm³/mol. The van der Waals surface area contributed by atoms with Gasteiger partial charge in [0.05, 0.1) is 7.11 Å². The van der Waals surface area contributed by atoms with Gasteiger partial charge in [0.25, 0.3) is 5.91 Å². The van der Waals surface area contributed by atoms with E-state index in [0.29, 0.717) is 11.5 Å². The Kier molecular flexibility index (Phi) is 5.92. The van der Waals surface area contributed by atoms with Crippen molar-refractivity contribution in [2.24, 2.45) is 17.6 Å².